The van der Waals surface area contributed by atoms with Crippen molar-refractivity contribution in [3.63, 3.8) is 0 Å². The minimum atomic E-state index is -0.971. The van der Waals surface area contributed by atoms with Gasteiger partial charge in [-0.2, -0.15) is 5.10 Å². The molecular weight excluding hydrogens is 182 g/mol. The molecule has 2 N–H and O–H groups in total. The Hall–Kier alpha value is -2.04. The van der Waals surface area contributed by atoms with Gasteiger partial charge in [-0.25, -0.2) is 4.79 Å². The number of carbonyl (C=O) groups is 1. The van der Waals surface area contributed by atoms with E-state index in [1.54, 1.807) is 25.5 Å². The van der Waals surface area contributed by atoms with Crippen LogP contribution in [0.15, 0.2) is 24.5 Å². The molecule has 5 nitrogen and oxygen atoms in total. The highest BCUT2D eigenvalue weighted by atomic mass is 16.4. The third kappa shape index (κ3) is 1.28. The summed E-state index contributed by atoms with van der Waals surface area (Å²) in [5.41, 5.74) is 1.72. The Labute approximate surface area is 80.0 Å². The molecule has 72 valence electrons. The molecule has 0 aliphatic rings. The Kier molecular flexibility index (Phi) is 1.85. The fraction of sp³-hybridized carbons (Fsp3) is 0.111. The smallest absolute Gasteiger partial charge is 0.354 e. The number of carboxylic acid groups (broad SMARTS) is 1. The van der Waals surface area contributed by atoms with Crippen LogP contribution < -0.4 is 0 Å². The van der Waals surface area contributed by atoms with Crippen LogP contribution in [0.2, 0.25) is 0 Å². The number of hydrogen-bond acceptors (Lipinski definition) is 2. The number of hydrogen-bond donors (Lipinski definition) is 2. The zero-order valence-electron chi connectivity index (χ0n) is 7.56. The number of carboxylic acids is 1. The molecule has 0 saturated carbocycles. The van der Waals surface area contributed by atoms with Gasteiger partial charge in [0.25, 0.3) is 0 Å². The Morgan fingerprint density at radius 2 is 2.43 bits per heavy atom. The van der Waals surface area contributed by atoms with E-state index in [1.807, 2.05) is 6.07 Å². The van der Waals surface area contributed by atoms with E-state index in [4.69, 9.17) is 5.11 Å². The minimum absolute atomic E-state index is 0.182. The molecule has 2 aromatic heterocycles. The van der Waals surface area contributed by atoms with Crippen LogP contribution in [-0.2, 0) is 7.05 Å². The molecule has 0 aromatic carbocycles. The van der Waals surface area contributed by atoms with Crippen molar-refractivity contribution in [2.45, 2.75) is 0 Å². The van der Waals surface area contributed by atoms with Crippen LogP contribution >= 0.6 is 0 Å². The average Bonchev–Trinajstić information content (AvgIpc) is 2.70. The van der Waals surface area contributed by atoms with Gasteiger partial charge in [-0.05, 0) is 12.1 Å². The number of nitrogens with one attached hydrogen (secondary N) is 1. The average molecular weight is 191 g/mol. The number of H-pyrrole nitrogens is 1. The van der Waals surface area contributed by atoms with Gasteiger partial charge in [0.1, 0.15) is 5.69 Å². The molecule has 0 atom stereocenters. The van der Waals surface area contributed by atoms with E-state index in [0.717, 1.165) is 5.56 Å². The normalized spacial score (nSPS) is 10.4. The van der Waals surface area contributed by atoms with Crippen molar-refractivity contribution < 1.29 is 9.90 Å². The van der Waals surface area contributed by atoms with Crippen LogP contribution in [0.25, 0.3) is 11.3 Å². The fourth-order valence-corrected chi connectivity index (χ4v) is 1.29. The zero-order valence-corrected chi connectivity index (χ0v) is 7.56. The summed E-state index contributed by atoms with van der Waals surface area (Å²) in [6.45, 7) is 0. The second-order valence-electron chi connectivity index (χ2n) is 2.94. The second-order valence-corrected chi connectivity index (χ2v) is 2.94. The van der Waals surface area contributed by atoms with E-state index in [1.165, 1.54) is 4.68 Å². The van der Waals surface area contributed by atoms with E-state index < -0.39 is 5.97 Å². The number of aromatic carboxylic acids is 1. The predicted octanol–water partition coefficient (Wildman–Crippen LogP) is 1.11. The lowest BCUT2D eigenvalue weighted by Crippen LogP contribution is -2.04. The molecule has 0 aliphatic carbocycles. The monoisotopic (exact) mass is 191 g/mol. The Bertz CT molecular complexity index is 456. The first kappa shape index (κ1) is 8.55. The molecule has 0 radical (unpaired) electrons. The van der Waals surface area contributed by atoms with Crippen LogP contribution in [0.5, 0.6) is 0 Å². The molecule has 0 bridgehead atoms. The van der Waals surface area contributed by atoms with Gasteiger partial charge in [0.15, 0.2) is 0 Å². The van der Waals surface area contributed by atoms with Gasteiger partial charge < -0.3 is 10.1 Å². The third-order valence-corrected chi connectivity index (χ3v) is 1.99. The molecule has 0 amide bonds. The standard InChI is InChI=1S/C9H9N3O2/c1-12-8(9(13)14)4-7(11-12)6-2-3-10-5-6/h2-5,10H,1H3,(H,13,14). The molecule has 2 aromatic rings. The molecular formula is C9H9N3O2. The topological polar surface area (TPSA) is 70.9 Å². The van der Waals surface area contributed by atoms with Gasteiger partial charge in [0.2, 0.25) is 0 Å². The number of rotatable bonds is 2. The van der Waals surface area contributed by atoms with E-state index in [0.29, 0.717) is 5.69 Å². The van der Waals surface area contributed by atoms with Crippen molar-refractivity contribution in [2.24, 2.45) is 7.05 Å². The van der Waals surface area contributed by atoms with Crippen LogP contribution in [0, 0.1) is 0 Å². The molecule has 2 heterocycles. The predicted molar refractivity (Wildman–Crippen MR) is 50.0 cm³/mol. The first-order chi connectivity index (χ1) is 6.68. The number of nitrogens with zero attached hydrogens (tertiary/aromatic N) is 2. The summed E-state index contributed by atoms with van der Waals surface area (Å²) in [4.78, 5) is 13.6. The summed E-state index contributed by atoms with van der Waals surface area (Å²) in [6, 6.07) is 3.39. The van der Waals surface area contributed by atoms with Gasteiger partial charge >= 0.3 is 5.97 Å². The largest absolute Gasteiger partial charge is 0.477 e. The number of aromatic nitrogens is 3. The zero-order chi connectivity index (χ0) is 10.1. The SMILES string of the molecule is Cn1nc(-c2cc[nH]c2)cc1C(=O)O. The molecule has 0 aliphatic heterocycles. The molecule has 2 rings (SSSR count). The summed E-state index contributed by atoms with van der Waals surface area (Å²) < 4.78 is 1.35. The minimum Gasteiger partial charge on any atom is -0.477 e. The van der Waals surface area contributed by atoms with E-state index in [9.17, 15) is 4.79 Å². The molecule has 0 unspecified atom stereocenters. The third-order valence-electron chi connectivity index (χ3n) is 1.99. The van der Waals surface area contributed by atoms with Crippen molar-refractivity contribution in [1.29, 1.82) is 0 Å². The van der Waals surface area contributed by atoms with Crippen LogP contribution in [-0.4, -0.2) is 25.8 Å². The first-order valence-corrected chi connectivity index (χ1v) is 4.09. The van der Waals surface area contributed by atoms with E-state index in [-0.39, 0.29) is 5.69 Å². The van der Waals surface area contributed by atoms with Gasteiger partial charge in [0, 0.05) is 25.0 Å². The molecule has 14 heavy (non-hydrogen) atoms. The summed E-state index contributed by atoms with van der Waals surface area (Å²) in [7, 11) is 1.61. The highest BCUT2D eigenvalue weighted by Crippen LogP contribution is 2.17. The first-order valence-electron chi connectivity index (χ1n) is 4.09. The number of aryl methyl sites for hydroxylation is 1. The van der Waals surface area contributed by atoms with Gasteiger partial charge in [-0.15, -0.1) is 0 Å². The maximum Gasteiger partial charge on any atom is 0.354 e. The van der Waals surface area contributed by atoms with Crippen molar-refractivity contribution in [3.8, 4) is 11.3 Å². The number of aromatic amines is 1. The lowest BCUT2D eigenvalue weighted by Gasteiger charge is -1.91. The van der Waals surface area contributed by atoms with Crippen molar-refractivity contribution >= 4 is 5.97 Å². The molecule has 0 spiro atoms. The molecule has 0 fully saturated rings. The maximum absolute atomic E-state index is 10.7. The summed E-state index contributed by atoms with van der Waals surface area (Å²) in [5, 5.41) is 12.9. The Morgan fingerprint density at radius 1 is 1.64 bits per heavy atom. The quantitative estimate of drug-likeness (QED) is 0.747. The van der Waals surface area contributed by atoms with Gasteiger partial charge in [0.05, 0.1) is 5.69 Å². The van der Waals surface area contributed by atoms with Crippen LogP contribution in [0.3, 0.4) is 0 Å². The van der Waals surface area contributed by atoms with E-state index in [2.05, 4.69) is 10.1 Å². The van der Waals surface area contributed by atoms with Crippen molar-refractivity contribution in [1.82, 2.24) is 14.8 Å². The second kappa shape index (κ2) is 3.02. The highest BCUT2D eigenvalue weighted by molar-refractivity contribution is 5.87. The van der Waals surface area contributed by atoms with Crippen LogP contribution in [0.1, 0.15) is 10.5 Å². The lowest BCUT2D eigenvalue weighted by molar-refractivity contribution is 0.0685. The highest BCUT2D eigenvalue weighted by Gasteiger charge is 2.12. The van der Waals surface area contributed by atoms with Gasteiger partial charge in [-0.1, -0.05) is 0 Å². The molecule has 0 saturated heterocycles. The Morgan fingerprint density at radius 3 is 2.93 bits per heavy atom. The molecule has 5 heteroatoms. The van der Waals surface area contributed by atoms with Crippen molar-refractivity contribution in [2.75, 3.05) is 0 Å². The summed E-state index contributed by atoms with van der Waals surface area (Å²) >= 11 is 0. The Balaban J connectivity index is 2.48. The van der Waals surface area contributed by atoms with Gasteiger partial charge in [-0.3, -0.25) is 4.68 Å². The summed E-state index contributed by atoms with van der Waals surface area (Å²) in [5.74, 6) is -0.971. The van der Waals surface area contributed by atoms with Crippen molar-refractivity contribution in [3.05, 3.63) is 30.2 Å². The fourth-order valence-electron chi connectivity index (χ4n) is 1.29. The van der Waals surface area contributed by atoms with E-state index >= 15 is 0 Å². The van der Waals surface area contributed by atoms with Crippen LogP contribution in [0.4, 0.5) is 0 Å². The maximum atomic E-state index is 10.7. The lowest BCUT2D eigenvalue weighted by atomic mass is 10.2. The summed E-state index contributed by atoms with van der Waals surface area (Å²) in [6.07, 6.45) is 3.54.